The van der Waals surface area contributed by atoms with Crippen LogP contribution < -0.4 is 5.49 Å². The number of hydrazine groups is 1. The second-order valence-electron chi connectivity index (χ2n) is 4.45. The lowest BCUT2D eigenvalue weighted by molar-refractivity contribution is 0.130. The van der Waals surface area contributed by atoms with E-state index in [1.54, 1.807) is 0 Å². The third-order valence-electron chi connectivity index (χ3n) is 2.84. The number of aryl methyl sites for hydroxylation is 1. The lowest BCUT2D eigenvalue weighted by Crippen LogP contribution is -2.31. The van der Waals surface area contributed by atoms with Gasteiger partial charge in [0.05, 0.1) is 5.70 Å². The molecule has 0 aromatic carbocycles. The molecule has 0 aliphatic carbocycles. The number of hydrogen-bond acceptors (Lipinski definition) is 3. The number of aromatic nitrogens is 1. The Morgan fingerprint density at radius 2 is 1.58 bits per heavy atom. The van der Waals surface area contributed by atoms with Crippen molar-refractivity contribution in [3.05, 3.63) is 66.6 Å². The average molecular weight is 363 g/mol. The largest absolute Gasteiger partial charge is 0.334 e. The van der Waals surface area contributed by atoms with Crippen LogP contribution in [0.2, 0.25) is 0 Å². The highest BCUT2D eigenvalue weighted by atomic mass is 15.6. The summed E-state index contributed by atoms with van der Waals surface area (Å²) in [6.07, 6.45) is 9.93. The Kier molecular flexibility index (Phi) is 23.2. The number of nitrogens with zero attached hydrogens (tertiary/aromatic N) is 4. The van der Waals surface area contributed by atoms with E-state index in [-0.39, 0.29) is 0 Å². The first kappa shape index (κ1) is 28.7. The summed E-state index contributed by atoms with van der Waals surface area (Å²) in [7, 11) is 5.77. The van der Waals surface area contributed by atoms with Crippen LogP contribution in [0.4, 0.5) is 0 Å². The summed E-state index contributed by atoms with van der Waals surface area (Å²) in [6.45, 7) is 18.9. The van der Waals surface area contributed by atoms with Crippen LogP contribution in [0.3, 0.4) is 0 Å². The van der Waals surface area contributed by atoms with Gasteiger partial charge >= 0.3 is 0 Å². The minimum Gasteiger partial charge on any atom is -0.334 e. The Morgan fingerprint density at radius 3 is 1.92 bits per heavy atom. The van der Waals surface area contributed by atoms with Crippen LogP contribution in [0.5, 0.6) is 0 Å². The number of allylic oxidation sites excluding steroid dienone is 3. The molecule has 0 saturated heterocycles. The van der Waals surface area contributed by atoms with Gasteiger partial charge in [-0.25, -0.2) is 5.01 Å². The van der Waals surface area contributed by atoms with Gasteiger partial charge in [-0.15, -0.1) is 0 Å². The second-order valence-corrected chi connectivity index (χ2v) is 4.45. The van der Waals surface area contributed by atoms with Gasteiger partial charge in [0.25, 0.3) is 0 Å². The predicted octanol–water partition coefficient (Wildman–Crippen LogP) is 5.48. The molecule has 4 nitrogen and oxygen atoms in total. The standard InChI is InChI=1S/2C8H12N2.3C2H6/c1-8-6-4-5-7-10(8)9(2)3;1-3-10-7-5-4-6-8(10)9-2;3*1-2/h4-7H,1H2,2-3H3;4-7H,3H2,1-2H3;3*1-2H3. The third kappa shape index (κ3) is 12.3. The Morgan fingerprint density at radius 1 is 1.00 bits per heavy atom. The van der Waals surface area contributed by atoms with Gasteiger partial charge in [-0.2, -0.15) is 0 Å². The molecule has 1 aliphatic rings. The molecule has 0 N–H and O–H groups in total. The first-order valence-electron chi connectivity index (χ1n) is 9.68. The van der Waals surface area contributed by atoms with E-state index >= 15 is 0 Å². The van der Waals surface area contributed by atoms with Gasteiger partial charge in [0, 0.05) is 40.1 Å². The molecule has 150 valence electrons. The van der Waals surface area contributed by atoms with Crippen molar-refractivity contribution in [1.82, 2.24) is 14.6 Å². The van der Waals surface area contributed by atoms with Crippen molar-refractivity contribution in [3.63, 3.8) is 0 Å². The maximum atomic E-state index is 4.10. The fourth-order valence-electron chi connectivity index (χ4n) is 1.80. The first-order valence-corrected chi connectivity index (χ1v) is 9.68. The molecular formula is C22H42N4. The average Bonchev–Trinajstić information content (AvgIpc) is 2.73. The van der Waals surface area contributed by atoms with Crippen LogP contribution in [0, 0.1) is 0 Å². The lowest BCUT2D eigenvalue weighted by Gasteiger charge is -2.28. The van der Waals surface area contributed by atoms with Gasteiger partial charge in [-0.1, -0.05) is 60.3 Å². The lowest BCUT2D eigenvalue weighted by atomic mass is 10.3. The van der Waals surface area contributed by atoms with Gasteiger partial charge in [0.2, 0.25) is 0 Å². The zero-order valence-electron chi connectivity index (χ0n) is 18.8. The molecule has 0 radical (unpaired) electrons. The van der Waals surface area contributed by atoms with Crippen molar-refractivity contribution in [1.29, 1.82) is 0 Å². The van der Waals surface area contributed by atoms with E-state index in [1.807, 2.05) is 122 Å². The molecule has 2 rings (SSSR count). The Bertz CT molecular complexity index is 551. The van der Waals surface area contributed by atoms with Crippen molar-refractivity contribution in [3.8, 4) is 0 Å². The van der Waals surface area contributed by atoms with Crippen LogP contribution in [-0.2, 0) is 6.54 Å². The number of hydrogen-bond donors (Lipinski definition) is 0. The Hall–Kier alpha value is -2.07. The third-order valence-corrected chi connectivity index (χ3v) is 2.84. The minimum atomic E-state index is 0.980. The van der Waals surface area contributed by atoms with Gasteiger partial charge < -0.3 is 4.57 Å². The van der Waals surface area contributed by atoms with Crippen molar-refractivity contribution in [2.24, 2.45) is 4.99 Å². The normalized spacial score (nSPS) is 11.9. The van der Waals surface area contributed by atoms with Crippen LogP contribution in [0.15, 0.2) is 66.1 Å². The molecule has 0 unspecified atom stereocenters. The second kappa shape index (κ2) is 21.0. The van der Waals surface area contributed by atoms with E-state index in [0.717, 1.165) is 17.7 Å². The molecule has 0 bridgehead atoms. The van der Waals surface area contributed by atoms with E-state index in [9.17, 15) is 0 Å². The molecule has 0 spiro atoms. The van der Waals surface area contributed by atoms with Crippen LogP contribution >= 0.6 is 0 Å². The number of pyridine rings is 1. The molecule has 0 saturated carbocycles. The van der Waals surface area contributed by atoms with Gasteiger partial charge in [-0.3, -0.25) is 10.0 Å². The minimum absolute atomic E-state index is 0.980. The van der Waals surface area contributed by atoms with Crippen molar-refractivity contribution in [2.75, 3.05) is 21.1 Å². The summed E-state index contributed by atoms with van der Waals surface area (Å²) < 4.78 is 2.10. The Balaban J connectivity index is -0.000000316. The fourth-order valence-corrected chi connectivity index (χ4v) is 1.80. The number of rotatable bonds is 2. The SMILES string of the molecule is C=C1C=CC=CN1N(C)C.CC.CC.CC.CCn1ccccc1=NC. The van der Waals surface area contributed by atoms with Gasteiger partial charge in [0.15, 0.2) is 0 Å². The van der Waals surface area contributed by atoms with Gasteiger partial charge in [-0.05, 0) is 31.2 Å². The predicted molar refractivity (Wildman–Crippen MR) is 119 cm³/mol. The van der Waals surface area contributed by atoms with Crippen LogP contribution in [0.25, 0.3) is 0 Å². The molecule has 1 aromatic rings. The molecular weight excluding hydrogens is 320 g/mol. The van der Waals surface area contributed by atoms with E-state index in [0.29, 0.717) is 0 Å². The van der Waals surface area contributed by atoms with Crippen molar-refractivity contribution >= 4 is 0 Å². The highest BCUT2D eigenvalue weighted by Crippen LogP contribution is 2.09. The molecule has 0 amide bonds. The zero-order valence-corrected chi connectivity index (χ0v) is 18.8. The quantitative estimate of drug-likeness (QED) is 0.695. The molecule has 1 aromatic heterocycles. The van der Waals surface area contributed by atoms with Crippen molar-refractivity contribution < 1.29 is 0 Å². The highest BCUT2D eigenvalue weighted by Gasteiger charge is 2.04. The Labute approximate surface area is 162 Å². The van der Waals surface area contributed by atoms with E-state index in [2.05, 4.69) is 23.1 Å². The molecule has 0 fully saturated rings. The van der Waals surface area contributed by atoms with Crippen molar-refractivity contribution in [2.45, 2.75) is 55.0 Å². The highest BCUT2D eigenvalue weighted by molar-refractivity contribution is 5.24. The van der Waals surface area contributed by atoms with E-state index in [4.69, 9.17) is 0 Å². The summed E-state index contributed by atoms with van der Waals surface area (Å²) in [6, 6.07) is 6.01. The van der Waals surface area contributed by atoms with Crippen LogP contribution in [0.1, 0.15) is 48.5 Å². The molecule has 1 aliphatic heterocycles. The maximum absolute atomic E-state index is 4.10. The molecule has 2 heterocycles. The maximum Gasteiger partial charge on any atom is 0.127 e. The summed E-state index contributed by atoms with van der Waals surface area (Å²) in [5, 5.41) is 3.95. The molecule has 4 heteroatoms. The topological polar surface area (TPSA) is 23.8 Å². The zero-order chi connectivity index (χ0) is 21.0. The molecule has 0 atom stereocenters. The summed E-state index contributed by atoms with van der Waals surface area (Å²) in [5.74, 6) is 0. The summed E-state index contributed by atoms with van der Waals surface area (Å²) in [4.78, 5) is 4.10. The van der Waals surface area contributed by atoms with E-state index < -0.39 is 0 Å². The molecule has 26 heavy (non-hydrogen) atoms. The summed E-state index contributed by atoms with van der Waals surface area (Å²) >= 11 is 0. The van der Waals surface area contributed by atoms with E-state index in [1.165, 1.54) is 0 Å². The van der Waals surface area contributed by atoms with Gasteiger partial charge in [0.1, 0.15) is 5.49 Å². The fraction of sp³-hybridized carbons (Fsp3) is 0.500. The monoisotopic (exact) mass is 362 g/mol. The van der Waals surface area contributed by atoms with Crippen LogP contribution in [-0.4, -0.2) is 35.7 Å². The smallest absolute Gasteiger partial charge is 0.127 e. The summed E-state index contributed by atoms with van der Waals surface area (Å²) in [5.41, 5.74) is 2.03. The first-order chi connectivity index (χ1) is 12.6.